The van der Waals surface area contributed by atoms with Gasteiger partial charge >= 0.3 is 0 Å². The standard InChI is InChI=1S/C27H45NO2/c1-16-5-8-23(28-15-16)17(2)25-24(30)14-22-20-7-6-18-13-19(29)9-11-26(18,3)21(20)10-12-27(22,25)4/h6,16-17,19-25,28-30H,5,7-15H2,1-4H3/t16?,17-,19+,20-,21+,22+,23?,24+,25+,26+,27+/m1/s1. The quantitative estimate of drug-likeness (QED) is 0.561. The van der Waals surface area contributed by atoms with E-state index < -0.39 is 0 Å². The summed E-state index contributed by atoms with van der Waals surface area (Å²) in [4.78, 5) is 0. The van der Waals surface area contributed by atoms with Crippen LogP contribution in [0.2, 0.25) is 0 Å². The normalized spacial score (nSPS) is 54.5. The van der Waals surface area contributed by atoms with Gasteiger partial charge in [-0.3, -0.25) is 0 Å². The van der Waals surface area contributed by atoms with E-state index in [0.29, 0.717) is 29.2 Å². The van der Waals surface area contributed by atoms with Gasteiger partial charge in [-0.15, -0.1) is 0 Å². The molecule has 0 aromatic carbocycles. The van der Waals surface area contributed by atoms with E-state index in [0.717, 1.165) is 50.0 Å². The Labute approximate surface area is 184 Å². The van der Waals surface area contributed by atoms with Crippen LogP contribution in [-0.4, -0.2) is 35.0 Å². The maximum Gasteiger partial charge on any atom is 0.0579 e. The Morgan fingerprint density at radius 3 is 2.60 bits per heavy atom. The van der Waals surface area contributed by atoms with E-state index in [1.54, 1.807) is 5.57 Å². The highest BCUT2D eigenvalue weighted by Gasteiger charge is 2.62. The lowest BCUT2D eigenvalue weighted by atomic mass is 9.47. The summed E-state index contributed by atoms with van der Waals surface area (Å²) in [6.07, 6.45) is 12.6. The summed E-state index contributed by atoms with van der Waals surface area (Å²) in [7, 11) is 0. The molecule has 3 heteroatoms. The lowest BCUT2D eigenvalue weighted by molar-refractivity contribution is -0.0655. The molecule has 11 atom stereocenters. The molecule has 3 saturated carbocycles. The van der Waals surface area contributed by atoms with E-state index >= 15 is 0 Å². The van der Waals surface area contributed by atoms with Gasteiger partial charge in [0.1, 0.15) is 0 Å². The van der Waals surface area contributed by atoms with Crippen molar-refractivity contribution in [2.75, 3.05) is 6.54 Å². The second-order valence-corrected chi connectivity index (χ2v) is 12.6. The summed E-state index contributed by atoms with van der Waals surface area (Å²) in [6.45, 7) is 11.0. The Morgan fingerprint density at radius 1 is 1.07 bits per heavy atom. The molecular formula is C27H45NO2. The molecule has 170 valence electrons. The Morgan fingerprint density at radius 2 is 1.87 bits per heavy atom. The van der Waals surface area contributed by atoms with E-state index in [-0.39, 0.29) is 17.6 Å². The van der Waals surface area contributed by atoms with E-state index in [9.17, 15) is 10.2 Å². The van der Waals surface area contributed by atoms with Crippen LogP contribution in [-0.2, 0) is 0 Å². The second kappa shape index (κ2) is 7.59. The van der Waals surface area contributed by atoms with Gasteiger partial charge in [-0.2, -0.15) is 0 Å². The molecule has 3 nitrogen and oxygen atoms in total. The maximum absolute atomic E-state index is 11.4. The highest BCUT2D eigenvalue weighted by molar-refractivity contribution is 5.25. The van der Waals surface area contributed by atoms with Crippen LogP contribution in [0.1, 0.15) is 85.5 Å². The van der Waals surface area contributed by atoms with Gasteiger partial charge in [0.2, 0.25) is 0 Å². The van der Waals surface area contributed by atoms with Gasteiger partial charge in [0.05, 0.1) is 12.2 Å². The molecule has 1 aliphatic heterocycles. The molecule has 0 aromatic heterocycles. The Balaban J connectivity index is 1.39. The first kappa shape index (κ1) is 21.5. The number of fused-ring (bicyclic) bond motifs is 5. The topological polar surface area (TPSA) is 52.5 Å². The van der Waals surface area contributed by atoms with Crippen molar-refractivity contribution in [3.05, 3.63) is 11.6 Å². The van der Waals surface area contributed by atoms with E-state index in [1.165, 1.54) is 32.1 Å². The molecule has 1 saturated heterocycles. The third kappa shape index (κ3) is 3.17. The van der Waals surface area contributed by atoms with Crippen LogP contribution in [0.15, 0.2) is 11.6 Å². The fourth-order valence-corrected chi connectivity index (χ4v) is 9.36. The van der Waals surface area contributed by atoms with Crippen molar-refractivity contribution >= 4 is 0 Å². The van der Waals surface area contributed by atoms with Crippen molar-refractivity contribution in [3.63, 3.8) is 0 Å². The summed E-state index contributed by atoms with van der Waals surface area (Å²) >= 11 is 0. The summed E-state index contributed by atoms with van der Waals surface area (Å²) < 4.78 is 0. The average Bonchev–Trinajstić information content (AvgIpc) is 2.98. The minimum atomic E-state index is -0.138. The Hall–Kier alpha value is -0.380. The lowest BCUT2D eigenvalue weighted by Crippen LogP contribution is -2.53. The smallest absolute Gasteiger partial charge is 0.0579 e. The predicted octanol–water partition coefficient (Wildman–Crippen LogP) is 4.92. The highest BCUT2D eigenvalue weighted by atomic mass is 16.3. The Bertz CT molecular complexity index is 682. The fraction of sp³-hybridized carbons (Fsp3) is 0.926. The van der Waals surface area contributed by atoms with Crippen LogP contribution in [0.5, 0.6) is 0 Å². The molecular weight excluding hydrogens is 370 g/mol. The molecule has 2 unspecified atom stereocenters. The summed E-state index contributed by atoms with van der Waals surface area (Å²) in [6, 6.07) is 0.573. The molecule has 3 N–H and O–H groups in total. The van der Waals surface area contributed by atoms with Crippen molar-refractivity contribution in [1.82, 2.24) is 5.32 Å². The van der Waals surface area contributed by atoms with Gasteiger partial charge < -0.3 is 15.5 Å². The van der Waals surface area contributed by atoms with Gasteiger partial charge in [0.15, 0.2) is 0 Å². The van der Waals surface area contributed by atoms with Gasteiger partial charge in [-0.05, 0) is 111 Å². The first-order chi connectivity index (χ1) is 14.2. The van der Waals surface area contributed by atoms with E-state index in [2.05, 4.69) is 39.1 Å². The van der Waals surface area contributed by atoms with Crippen LogP contribution in [0.3, 0.4) is 0 Å². The molecule has 5 rings (SSSR count). The summed E-state index contributed by atoms with van der Waals surface area (Å²) in [5.74, 6) is 3.90. The third-order valence-corrected chi connectivity index (χ3v) is 11.1. The number of rotatable bonds is 2. The lowest BCUT2D eigenvalue weighted by Gasteiger charge is -2.58. The molecule has 0 spiro atoms. The molecule has 5 aliphatic rings. The van der Waals surface area contributed by atoms with Crippen molar-refractivity contribution in [1.29, 1.82) is 0 Å². The minimum Gasteiger partial charge on any atom is -0.393 e. The molecule has 4 aliphatic carbocycles. The van der Waals surface area contributed by atoms with Crippen molar-refractivity contribution in [3.8, 4) is 0 Å². The number of nitrogens with one attached hydrogen (secondary N) is 1. The number of hydrogen-bond donors (Lipinski definition) is 3. The number of aliphatic hydroxyl groups excluding tert-OH is 2. The molecule has 4 fully saturated rings. The number of allylic oxidation sites excluding steroid dienone is 1. The summed E-state index contributed by atoms with van der Waals surface area (Å²) in [5, 5.41) is 25.5. The van der Waals surface area contributed by atoms with Crippen molar-refractivity contribution < 1.29 is 10.2 Å². The van der Waals surface area contributed by atoms with Crippen LogP contribution < -0.4 is 5.32 Å². The molecule has 0 amide bonds. The van der Waals surface area contributed by atoms with Gasteiger partial charge in [-0.1, -0.05) is 39.3 Å². The maximum atomic E-state index is 11.4. The third-order valence-electron chi connectivity index (χ3n) is 11.1. The average molecular weight is 416 g/mol. The van der Waals surface area contributed by atoms with Crippen LogP contribution in [0.25, 0.3) is 0 Å². The minimum absolute atomic E-state index is 0.126. The molecule has 0 bridgehead atoms. The predicted molar refractivity (Wildman–Crippen MR) is 122 cm³/mol. The van der Waals surface area contributed by atoms with E-state index in [4.69, 9.17) is 0 Å². The SMILES string of the molecule is CC1CCC([C@@H](C)[C@H]2[C@@H](O)C[C@H]3[C@@H]4CC=C5C[C@@H](O)CC[C@]5(C)[C@H]4CC[C@]23C)NC1. The second-order valence-electron chi connectivity index (χ2n) is 12.6. The van der Waals surface area contributed by atoms with Crippen LogP contribution >= 0.6 is 0 Å². The van der Waals surface area contributed by atoms with Crippen molar-refractivity contribution in [2.24, 2.45) is 46.3 Å². The highest BCUT2D eigenvalue weighted by Crippen LogP contribution is 2.67. The number of hydrogen-bond acceptors (Lipinski definition) is 3. The first-order valence-electron chi connectivity index (χ1n) is 13.0. The monoisotopic (exact) mass is 415 g/mol. The molecule has 0 radical (unpaired) electrons. The van der Waals surface area contributed by atoms with Gasteiger partial charge in [0.25, 0.3) is 0 Å². The van der Waals surface area contributed by atoms with Crippen LogP contribution in [0, 0.1) is 46.3 Å². The van der Waals surface area contributed by atoms with Crippen LogP contribution in [0.4, 0.5) is 0 Å². The summed E-state index contributed by atoms with van der Waals surface area (Å²) in [5.41, 5.74) is 2.12. The molecule has 30 heavy (non-hydrogen) atoms. The first-order valence-corrected chi connectivity index (χ1v) is 13.0. The zero-order valence-electron chi connectivity index (χ0n) is 19.7. The van der Waals surface area contributed by atoms with Gasteiger partial charge in [0, 0.05) is 6.04 Å². The molecule has 0 aromatic rings. The largest absolute Gasteiger partial charge is 0.393 e. The zero-order chi connectivity index (χ0) is 21.3. The molecule has 1 heterocycles. The van der Waals surface area contributed by atoms with Gasteiger partial charge in [-0.25, -0.2) is 0 Å². The zero-order valence-corrected chi connectivity index (χ0v) is 19.7. The Kier molecular flexibility index (Phi) is 5.43. The fourth-order valence-electron chi connectivity index (χ4n) is 9.36. The number of aliphatic hydroxyl groups is 2. The van der Waals surface area contributed by atoms with Crippen molar-refractivity contribution in [2.45, 2.75) is 104 Å². The number of piperidine rings is 1. The van der Waals surface area contributed by atoms with E-state index in [1.807, 2.05) is 0 Å².